The molecule has 102 valence electrons. The van der Waals surface area contributed by atoms with Crippen LogP contribution in [0.4, 0.5) is 0 Å². The van der Waals surface area contributed by atoms with Crippen molar-refractivity contribution in [2.45, 2.75) is 45.3 Å². The lowest BCUT2D eigenvalue weighted by atomic mass is 9.88. The molecule has 0 unspecified atom stereocenters. The van der Waals surface area contributed by atoms with Crippen molar-refractivity contribution in [3.05, 3.63) is 42.0 Å². The summed E-state index contributed by atoms with van der Waals surface area (Å²) in [7, 11) is -1.37. The molecule has 0 saturated heterocycles. The van der Waals surface area contributed by atoms with E-state index >= 15 is 0 Å². The van der Waals surface area contributed by atoms with Crippen LogP contribution in [0, 0.1) is 5.92 Å². The molecular formula is C17H24OSi. The number of ketones is 1. The maximum Gasteiger partial charge on any atom is 0.133 e. The van der Waals surface area contributed by atoms with Gasteiger partial charge in [0.05, 0.1) is 8.07 Å². The third kappa shape index (κ3) is 3.66. The lowest BCUT2D eigenvalue weighted by molar-refractivity contribution is -0.120. The highest BCUT2D eigenvalue weighted by Gasteiger charge is 2.26. The van der Waals surface area contributed by atoms with Crippen LogP contribution in [0.15, 0.2) is 42.0 Å². The summed E-state index contributed by atoms with van der Waals surface area (Å²) in [5.74, 6) is 0.639. The third-order valence-corrected chi connectivity index (χ3v) is 7.54. The largest absolute Gasteiger partial charge is 0.300 e. The number of Topliss-reactive ketones (excluding diaryl/α,β-unsaturated/α-hetero) is 1. The predicted octanol–water partition coefficient (Wildman–Crippen LogP) is 3.92. The smallest absolute Gasteiger partial charge is 0.133 e. The van der Waals surface area contributed by atoms with E-state index in [0.29, 0.717) is 5.78 Å². The van der Waals surface area contributed by atoms with E-state index in [1.54, 1.807) is 12.5 Å². The van der Waals surface area contributed by atoms with Gasteiger partial charge in [0.1, 0.15) is 5.78 Å². The zero-order valence-electron chi connectivity index (χ0n) is 12.3. The van der Waals surface area contributed by atoms with Crippen molar-refractivity contribution < 1.29 is 4.79 Å². The average Bonchev–Trinajstić information content (AvgIpc) is 2.40. The number of rotatable bonds is 4. The van der Waals surface area contributed by atoms with Gasteiger partial charge >= 0.3 is 0 Å². The Morgan fingerprint density at radius 3 is 2.47 bits per heavy atom. The first-order valence-electron chi connectivity index (χ1n) is 7.23. The van der Waals surface area contributed by atoms with Crippen molar-refractivity contribution in [3.8, 4) is 0 Å². The molecule has 0 aromatic heterocycles. The van der Waals surface area contributed by atoms with Crippen molar-refractivity contribution in [1.29, 1.82) is 0 Å². The summed E-state index contributed by atoms with van der Waals surface area (Å²) in [6.07, 6.45) is 5.48. The molecule has 0 aliphatic heterocycles. The van der Waals surface area contributed by atoms with Gasteiger partial charge in [-0.15, -0.1) is 0 Å². The fourth-order valence-corrected chi connectivity index (χ4v) is 5.73. The number of hydrogen-bond acceptors (Lipinski definition) is 1. The van der Waals surface area contributed by atoms with E-state index in [4.69, 9.17) is 0 Å². The molecule has 1 aromatic rings. The third-order valence-electron chi connectivity index (χ3n) is 4.30. The van der Waals surface area contributed by atoms with E-state index in [1.807, 2.05) is 0 Å². The standard InChI is InChI=1S/C17H24OSi/c1-14(18)16-11-9-15(10-12-16)13-19(2,3)17-7-5-4-6-8-17/h4-9,16H,10-13H2,1-3H3/t16-/m1/s1. The predicted molar refractivity (Wildman–Crippen MR) is 84.5 cm³/mol. The SMILES string of the molecule is CC(=O)[C@@H]1CC=C(C[Si](C)(C)c2ccccc2)CC1. The first-order valence-corrected chi connectivity index (χ1v) is 10.4. The second-order valence-corrected chi connectivity index (χ2v) is 11.1. The fraction of sp³-hybridized carbons (Fsp3) is 0.471. The number of carbonyl (C=O) groups is 1. The van der Waals surface area contributed by atoms with Crippen LogP contribution in [-0.4, -0.2) is 13.9 Å². The minimum atomic E-state index is -1.37. The molecule has 1 aliphatic carbocycles. The molecule has 0 fully saturated rings. The average molecular weight is 272 g/mol. The van der Waals surface area contributed by atoms with Crippen LogP contribution < -0.4 is 5.19 Å². The van der Waals surface area contributed by atoms with Crippen LogP contribution in [-0.2, 0) is 4.79 Å². The fourth-order valence-electron chi connectivity index (χ4n) is 2.98. The zero-order valence-corrected chi connectivity index (χ0v) is 13.3. The summed E-state index contributed by atoms with van der Waals surface area (Å²) in [6.45, 7) is 6.62. The normalized spacial score (nSPS) is 19.9. The summed E-state index contributed by atoms with van der Waals surface area (Å²) in [6, 6.07) is 12.2. The molecule has 1 aliphatic rings. The van der Waals surface area contributed by atoms with E-state index in [1.165, 1.54) is 11.2 Å². The molecule has 0 bridgehead atoms. The van der Waals surface area contributed by atoms with Crippen molar-refractivity contribution in [1.82, 2.24) is 0 Å². The molecule has 19 heavy (non-hydrogen) atoms. The Morgan fingerprint density at radius 2 is 1.95 bits per heavy atom. The Hall–Kier alpha value is -1.15. The van der Waals surface area contributed by atoms with Crippen LogP contribution >= 0.6 is 0 Å². The van der Waals surface area contributed by atoms with E-state index in [0.717, 1.165) is 19.3 Å². The molecule has 0 saturated carbocycles. The lowest BCUT2D eigenvalue weighted by Gasteiger charge is -2.27. The Labute approximate surface area is 117 Å². The van der Waals surface area contributed by atoms with Gasteiger partial charge in [-0.2, -0.15) is 0 Å². The molecular weight excluding hydrogens is 248 g/mol. The molecule has 0 spiro atoms. The number of carbonyl (C=O) groups excluding carboxylic acids is 1. The summed E-state index contributed by atoms with van der Waals surface area (Å²) < 4.78 is 0. The molecule has 0 amide bonds. The zero-order chi connectivity index (χ0) is 13.9. The van der Waals surface area contributed by atoms with Gasteiger partial charge in [-0.1, -0.05) is 60.3 Å². The van der Waals surface area contributed by atoms with Crippen molar-refractivity contribution in [2.75, 3.05) is 0 Å². The van der Waals surface area contributed by atoms with Crippen LogP contribution in [0.3, 0.4) is 0 Å². The topological polar surface area (TPSA) is 17.1 Å². The van der Waals surface area contributed by atoms with E-state index in [-0.39, 0.29) is 5.92 Å². The van der Waals surface area contributed by atoms with E-state index in [2.05, 4.69) is 49.5 Å². The summed E-state index contributed by atoms with van der Waals surface area (Å²) in [5, 5.41) is 1.53. The molecule has 2 heteroatoms. The quantitative estimate of drug-likeness (QED) is 0.600. The van der Waals surface area contributed by atoms with Gasteiger partial charge in [0, 0.05) is 5.92 Å². The first-order chi connectivity index (χ1) is 8.99. The molecule has 1 aromatic carbocycles. The second-order valence-electron chi connectivity index (χ2n) is 6.37. The monoisotopic (exact) mass is 272 g/mol. The Balaban J connectivity index is 2.04. The molecule has 1 nitrogen and oxygen atoms in total. The van der Waals surface area contributed by atoms with Gasteiger partial charge < -0.3 is 0 Å². The van der Waals surface area contributed by atoms with Crippen molar-refractivity contribution in [2.24, 2.45) is 5.92 Å². The van der Waals surface area contributed by atoms with Crippen molar-refractivity contribution in [3.63, 3.8) is 0 Å². The molecule has 2 rings (SSSR count). The van der Waals surface area contributed by atoms with Crippen LogP contribution in [0.25, 0.3) is 0 Å². The maximum atomic E-state index is 11.4. The van der Waals surface area contributed by atoms with Gasteiger partial charge in [0.2, 0.25) is 0 Å². The van der Waals surface area contributed by atoms with Gasteiger partial charge in [-0.05, 0) is 32.2 Å². The van der Waals surface area contributed by atoms with Crippen molar-refractivity contribution >= 4 is 19.0 Å². The van der Waals surface area contributed by atoms with Gasteiger partial charge in [-0.25, -0.2) is 0 Å². The lowest BCUT2D eigenvalue weighted by Crippen LogP contribution is -2.41. The molecule has 0 radical (unpaired) electrons. The van der Waals surface area contributed by atoms with Gasteiger partial charge in [-0.3, -0.25) is 4.79 Å². The number of allylic oxidation sites excluding steroid dienone is 2. The summed E-state index contributed by atoms with van der Waals surface area (Å²) >= 11 is 0. The van der Waals surface area contributed by atoms with E-state index in [9.17, 15) is 4.79 Å². The Bertz CT molecular complexity index is 473. The summed E-state index contributed by atoms with van der Waals surface area (Å²) in [5.41, 5.74) is 1.58. The highest BCUT2D eigenvalue weighted by molar-refractivity contribution is 6.90. The van der Waals surface area contributed by atoms with E-state index < -0.39 is 8.07 Å². The Kier molecular flexibility index (Phi) is 4.41. The molecule has 1 atom stereocenters. The van der Waals surface area contributed by atoms with Gasteiger partial charge in [0.15, 0.2) is 0 Å². The number of hydrogen-bond donors (Lipinski definition) is 0. The van der Waals surface area contributed by atoms with Crippen LogP contribution in [0.5, 0.6) is 0 Å². The Morgan fingerprint density at radius 1 is 1.26 bits per heavy atom. The van der Waals surface area contributed by atoms with Gasteiger partial charge in [0.25, 0.3) is 0 Å². The molecule has 0 heterocycles. The molecule has 0 N–H and O–H groups in total. The highest BCUT2D eigenvalue weighted by atomic mass is 28.3. The van der Waals surface area contributed by atoms with Crippen LogP contribution in [0.1, 0.15) is 26.2 Å². The highest BCUT2D eigenvalue weighted by Crippen LogP contribution is 2.29. The second kappa shape index (κ2) is 5.87. The minimum Gasteiger partial charge on any atom is -0.300 e. The number of benzene rings is 1. The summed E-state index contributed by atoms with van der Waals surface area (Å²) in [4.78, 5) is 11.4. The van der Waals surface area contributed by atoms with Crippen LogP contribution in [0.2, 0.25) is 19.1 Å². The first kappa shape index (κ1) is 14.3. The minimum absolute atomic E-state index is 0.283. The maximum absolute atomic E-state index is 11.4.